The van der Waals surface area contributed by atoms with E-state index in [0.29, 0.717) is 43.2 Å². The standard InChI is InChI=1S/C25H31N3O3.ClH/c1-17(2)16-31-23(29)15-18-11-13-28(14-12-18)25(30)22-9-5-20(6-10-22)19-3-7-21(8-4-19)24(26)27;/h3-10,17-18H,11-16H2,1-2H3,(H3,26,27);1H. The molecule has 7 heteroatoms. The fourth-order valence-electron chi connectivity index (χ4n) is 3.72. The van der Waals surface area contributed by atoms with Gasteiger partial charge in [-0.05, 0) is 47.9 Å². The van der Waals surface area contributed by atoms with Crippen LogP contribution in [0.5, 0.6) is 0 Å². The van der Waals surface area contributed by atoms with Crippen LogP contribution < -0.4 is 5.73 Å². The van der Waals surface area contributed by atoms with Crippen molar-refractivity contribution in [1.29, 1.82) is 5.41 Å². The lowest BCUT2D eigenvalue weighted by atomic mass is 9.93. The highest BCUT2D eigenvalue weighted by atomic mass is 35.5. The summed E-state index contributed by atoms with van der Waals surface area (Å²) in [5, 5.41) is 7.48. The number of hydrogen-bond donors (Lipinski definition) is 2. The van der Waals surface area contributed by atoms with Crippen molar-refractivity contribution in [3.8, 4) is 11.1 Å². The van der Waals surface area contributed by atoms with Crippen molar-refractivity contribution in [2.75, 3.05) is 19.7 Å². The van der Waals surface area contributed by atoms with Crippen LogP contribution in [0.2, 0.25) is 0 Å². The van der Waals surface area contributed by atoms with Crippen LogP contribution >= 0.6 is 12.4 Å². The molecule has 0 aliphatic carbocycles. The number of nitrogen functional groups attached to an aromatic ring is 1. The largest absolute Gasteiger partial charge is 0.465 e. The Bertz CT molecular complexity index is 918. The molecule has 2 aromatic carbocycles. The molecular formula is C25H32ClN3O3. The number of likely N-dealkylation sites (tertiary alicyclic amines) is 1. The van der Waals surface area contributed by atoms with E-state index in [9.17, 15) is 9.59 Å². The summed E-state index contributed by atoms with van der Waals surface area (Å²) < 4.78 is 5.28. The molecule has 3 N–H and O–H groups in total. The van der Waals surface area contributed by atoms with E-state index in [-0.39, 0.29) is 36.0 Å². The molecule has 3 rings (SSSR count). The number of benzene rings is 2. The van der Waals surface area contributed by atoms with Crippen molar-refractivity contribution in [2.45, 2.75) is 33.1 Å². The van der Waals surface area contributed by atoms with Crippen LogP contribution in [0.1, 0.15) is 49.0 Å². The van der Waals surface area contributed by atoms with Crippen molar-refractivity contribution in [2.24, 2.45) is 17.6 Å². The number of ether oxygens (including phenoxy) is 1. The van der Waals surface area contributed by atoms with E-state index in [1.54, 1.807) is 0 Å². The number of nitrogens with two attached hydrogens (primary N) is 1. The van der Waals surface area contributed by atoms with E-state index >= 15 is 0 Å². The number of carbonyl (C=O) groups excluding carboxylic acids is 2. The highest BCUT2D eigenvalue weighted by Crippen LogP contribution is 2.24. The second kappa shape index (κ2) is 11.7. The second-order valence-electron chi connectivity index (χ2n) is 8.58. The van der Waals surface area contributed by atoms with Gasteiger partial charge >= 0.3 is 5.97 Å². The maximum atomic E-state index is 12.9. The second-order valence-corrected chi connectivity index (χ2v) is 8.58. The summed E-state index contributed by atoms with van der Waals surface area (Å²) in [5.41, 5.74) is 8.87. The normalized spacial score (nSPS) is 14.0. The predicted molar refractivity (Wildman–Crippen MR) is 129 cm³/mol. The van der Waals surface area contributed by atoms with E-state index in [4.69, 9.17) is 15.9 Å². The highest BCUT2D eigenvalue weighted by Gasteiger charge is 2.25. The summed E-state index contributed by atoms with van der Waals surface area (Å²) in [4.78, 5) is 26.7. The summed E-state index contributed by atoms with van der Waals surface area (Å²) in [7, 11) is 0. The van der Waals surface area contributed by atoms with Gasteiger partial charge in [0.15, 0.2) is 0 Å². The number of piperidine rings is 1. The van der Waals surface area contributed by atoms with Gasteiger partial charge in [-0.15, -0.1) is 12.4 Å². The molecule has 0 bridgehead atoms. The van der Waals surface area contributed by atoms with Gasteiger partial charge in [0, 0.05) is 30.6 Å². The first-order chi connectivity index (χ1) is 14.8. The Labute approximate surface area is 196 Å². The van der Waals surface area contributed by atoms with Crippen LogP contribution in [0.15, 0.2) is 48.5 Å². The summed E-state index contributed by atoms with van der Waals surface area (Å²) in [6.07, 6.45) is 2.08. The molecule has 0 saturated carbocycles. The Balaban J connectivity index is 0.00000363. The van der Waals surface area contributed by atoms with Crippen molar-refractivity contribution in [3.05, 3.63) is 59.7 Å². The highest BCUT2D eigenvalue weighted by molar-refractivity contribution is 5.96. The first kappa shape index (κ1) is 25.4. The average Bonchev–Trinajstić information content (AvgIpc) is 2.78. The lowest BCUT2D eigenvalue weighted by Gasteiger charge is -2.31. The minimum Gasteiger partial charge on any atom is -0.465 e. The molecule has 1 aliphatic heterocycles. The summed E-state index contributed by atoms with van der Waals surface area (Å²) in [6.45, 7) is 5.83. The van der Waals surface area contributed by atoms with Gasteiger partial charge in [-0.1, -0.05) is 50.2 Å². The third-order valence-corrected chi connectivity index (χ3v) is 5.60. The molecule has 1 amide bonds. The molecule has 0 aromatic heterocycles. The average molecular weight is 458 g/mol. The molecule has 172 valence electrons. The van der Waals surface area contributed by atoms with Gasteiger partial charge in [-0.2, -0.15) is 0 Å². The van der Waals surface area contributed by atoms with Crippen molar-refractivity contribution >= 4 is 30.1 Å². The smallest absolute Gasteiger partial charge is 0.306 e. The molecule has 0 radical (unpaired) electrons. The Hall–Kier alpha value is -2.86. The number of nitrogens with one attached hydrogen (secondary N) is 1. The summed E-state index contributed by atoms with van der Waals surface area (Å²) in [5.74, 6) is 0.562. The molecule has 1 aliphatic rings. The fourth-order valence-corrected chi connectivity index (χ4v) is 3.72. The number of rotatable bonds is 7. The van der Waals surface area contributed by atoms with Crippen molar-refractivity contribution in [1.82, 2.24) is 4.90 Å². The van der Waals surface area contributed by atoms with Gasteiger partial charge in [0.25, 0.3) is 5.91 Å². The molecule has 32 heavy (non-hydrogen) atoms. The molecule has 6 nitrogen and oxygen atoms in total. The van der Waals surface area contributed by atoms with Crippen LogP contribution in [0.3, 0.4) is 0 Å². The van der Waals surface area contributed by atoms with Gasteiger partial charge in [-0.3, -0.25) is 15.0 Å². The zero-order valence-corrected chi connectivity index (χ0v) is 19.5. The molecular weight excluding hydrogens is 426 g/mol. The number of amides is 1. The number of hydrogen-bond acceptors (Lipinski definition) is 4. The molecule has 1 fully saturated rings. The molecule has 1 heterocycles. The fraction of sp³-hybridized carbons (Fsp3) is 0.400. The maximum absolute atomic E-state index is 12.9. The van der Waals surface area contributed by atoms with E-state index in [1.165, 1.54) is 0 Å². The van der Waals surface area contributed by atoms with Crippen molar-refractivity contribution < 1.29 is 14.3 Å². The minimum absolute atomic E-state index is 0. The quantitative estimate of drug-likeness (QED) is 0.363. The third-order valence-electron chi connectivity index (χ3n) is 5.60. The Morgan fingerprint density at radius 3 is 1.97 bits per heavy atom. The van der Waals surface area contributed by atoms with Crippen LogP contribution in [0, 0.1) is 17.2 Å². The predicted octanol–water partition coefficient (Wildman–Crippen LogP) is 4.50. The van der Waals surface area contributed by atoms with Crippen LogP contribution in [-0.2, 0) is 9.53 Å². The number of nitrogens with zero attached hydrogens (tertiary/aromatic N) is 1. The summed E-state index contributed by atoms with van der Waals surface area (Å²) in [6, 6.07) is 15.1. The zero-order chi connectivity index (χ0) is 22.4. The number of carbonyl (C=O) groups is 2. The van der Waals surface area contributed by atoms with Crippen LogP contribution in [0.4, 0.5) is 0 Å². The van der Waals surface area contributed by atoms with Crippen molar-refractivity contribution in [3.63, 3.8) is 0 Å². The summed E-state index contributed by atoms with van der Waals surface area (Å²) >= 11 is 0. The Morgan fingerprint density at radius 1 is 1.00 bits per heavy atom. The molecule has 0 spiro atoms. The number of halogens is 1. The first-order valence-electron chi connectivity index (χ1n) is 10.8. The molecule has 0 atom stereocenters. The number of esters is 1. The molecule has 0 unspecified atom stereocenters. The monoisotopic (exact) mass is 457 g/mol. The zero-order valence-electron chi connectivity index (χ0n) is 18.7. The van der Waals surface area contributed by atoms with E-state index < -0.39 is 0 Å². The Kier molecular flexibility index (Phi) is 9.27. The minimum atomic E-state index is -0.134. The lowest BCUT2D eigenvalue weighted by Crippen LogP contribution is -2.39. The van der Waals surface area contributed by atoms with E-state index in [2.05, 4.69) is 0 Å². The molecule has 2 aromatic rings. The van der Waals surface area contributed by atoms with Gasteiger partial charge in [-0.25, -0.2) is 0 Å². The number of amidine groups is 1. The molecule has 1 saturated heterocycles. The maximum Gasteiger partial charge on any atom is 0.306 e. The topological polar surface area (TPSA) is 96.5 Å². The third kappa shape index (κ3) is 6.82. The van der Waals surface area contributed by atoms with E-state index in [0.717, 1.165) is 24.0 Å². The van der Waals surface area contributed by atoms with Gasteiger partial charge in [0.05, 0.1) is 6.61 Å². The first-order valence-corrected chi connectivity index (χ1v) is 10.8. The van der Waals surface area contributed by atoms with Crippen LogP contribution in [0.25, 0.3) is 11.1 Å². The van der Waals surface area contributed by atoms with E-state index in [1.807, 2.05) is 67.3 Å². The van der Waals surface area contributed by atoms with Crippen LogP contribution in [-0.4, -0.2) is 42.3 Å². The van der Waals surface area contributed by atoms with Gasteiger partial charge in [0.2, 0.25) is 0 Å². The van der Waals surface area contributed by atoms with Gasteiger partial charge < -0.3 is 15.4 Å². The lowest BCUT2D eigenvalue weighted by molar-refractivity contribution is -0.146. The SMILES string of the molecule is CC(C)COC(=O)CC1CCN(C(=O)c2ccc(-c3ccc(C(=N)N)cc3)cc2)CC1.Cl. The Morgan fingerprint density at radius 2 is 1.50 bits per heavy atom. The van der Waals surface area contributed by atoms with Gasteiger partial charge in [0.1, 0.15) is 5.84 Å².